The number of benzene rings is 2. The third-order valence-electron chi connectivity index (χ3n) is 4.53. The molecule has 0 spiro atoms. The Balaban J connectivity index is 1.63. The summed E-state index contributed by atoms with van der Waals surface area (Å²) in [7, 11) is -3.65. The first-order valence-electron chi connectivity index (χ1n) is 8.94. The number of fused-ring (bicyclic) bond motifs is 1. The highest BCUT2D eigenvalue weighted by atomic mass is 32.2. The van der Waals surface area contributed by atoms with Crippen molar-refractivity contribution >= 4 is 21.8 Å². The van der Waals surface area contributed by atoms with Crippen LogP contribution in [-0.2, 0) is 16.4 Å². The SMILES string of the molecule is O=S(=O)(Nc1ccccc1C#Cc1cccnc1)C1=Cc2ccccc2CC1. The average molecular weight is 386 g/mol. The fourth-order valence-electron chi connectivity index (χ4n) is 3.09. The number of para-hydroxylation sites is 1. The number of aromatic nitrogens is 1. The standard InChI is InChI=1S/C23H18N2O2S/c26-28(27,22-14-13-19-7-1-2-9-21(19)16-22)25-23-10-4-3-8-20(23)12-11-18-6-5-15-24-17-18/h1-10,15-17,25H,13-14H2. The summed E-state index contributed by atoms with van der Waals surface area (Å²) in [5.74, 6) is 6.05. The second-order valence-corrected chi connectivity index (χ2v) is 8.19. The fraction of sp³-hybridized carbons (Fsp3) is 0.0870. The first kappa shape index (κ1) is 18.0. The molecule has 138 valence electrons. The van der Waals surface area contributed by atoms with Gasteiger partial charge >= 0.3 is 0 Å². The zero-order chi connectivity index (χ0) is 19.4. The van der Waals surface area contributed by atoms with Gasteiger partial charge in [0.1, 0.15) is 0 Å². The van der Waals surface area contributed by atoms with Gasteiger partial charge in [-0.25, -0.2) is 8.42 Å². The molecule has 1 aliphatic rings. The maximum atomic E-state index is 13.0. The van der Waals surface area contributed by atoms with E-state index in [2.05, 4.69) is 21.5 Å². The lowest BCUT2D eigenvalue weighted by molar-refractivity contribution is 0.605. The number of pyridine rings is 1. The Morgan fingerprint density at radius 2 is 1.71 bits per heavy atom. The van der Waals surface area contributed by atoms with Crippen LogP contribution >= 0.6 is 0 Å². The molecule has 1 aliphatic carbocycles. The van der Waals surface area contributed by atoms with Crippen molar-refractivity contribution < 1.29 is 8.42 Å². The summed E-state index contributed by atoms with van der Waals surface area (Å²) in [5, 5.41) is 0. The number of rotatable bonds is 3. The Morgan fingerprint density at radius 3 is 2.57 bits per heavy atom. The molecule has 4 rings (SSSR count). The molecule has 0 amide bonds. The van der Waals surface area contributed by atoms with Gasteiger partial charge in [0.25, 0.3) is 10.0 Å². The van der Waals surface area contributed by atoms with Gasteiger partial charge in [-0.2, -0.15) is 0 Å². The Labute approximate surface area is 165 Å². The van der Waals surface area contributed by atoms with Crippen molar-refractivity contribution in [2.75, 3.05) is 4.72 Å². The van der Waals surface area contributed by atoms with E-state index in [4.69, 9.17) is 0 Å². The smallest absolute Gasteiger partial charge is 0.258 e. The summed E-state index contributed by atoms with van der Waals surface area (Å²) >= 11 is 0. The molecule has 0 unspecified atom stereocenters. The predicted molar refractivity (Wildman–Crippen MR) is 112 cm³/mol. The molecule has 28 heavy (non-hydrogen) atoms. The van der Waals surface area contributed by atoms with E-state index in [1.54, 1.807) is 36.7 Å². The first-order chi connectivity index (χ1) is 13.6. The van der Waals surface area contributed by atoms with Gasteiger partial charge in [-0.05, 0) is 54.3 Å². The minimum atomic E-state index is -3.65. The van der Waals surface area contributed by atoms with Gasteiger partial charge in [0, 0.05) is 23.5 Å². The van der Waals surface area contributed by atoms with Crippen molar-refractivity contribution in [2.45, 2.75) is 12.8 Å². The fourth-order valence-corrected chi connectivity index (χ4v) is 4.34. The highest BCUT2D eigenvalue weighted by Crippen LogP contribution is 2.28. The van der Waals surface area contributed by atoms with E-state index in [1.807, 2.05) is 42.5 Å². The summed E-state index contributed by atoms with van der Waals surface area (Å²) in [6.07, 6.45) is 6.31. The van der Waals surface area contributed by atoms with Crippen LogP contribution in [0.3, 0.4) is 0 Å². The van der Waals surface area contributed by atoms with Crippen molar-refractivity contribution in [2.24, 2.45) is 0 Å². The van der Waals surface area contributed by atoms with E-state index in [0.717, 1.165) is 11.1 Å². The number of hydrogen-bond donors (Lipinski definition) is 1. The Kier molecular flexibility index (Phi) is 4.96. The normalized spacial score (nSPS) is 12.9. The molecular weight excluding hydrogens is 368 g/mol. The molecule has 2 aromatic carbocycles. The van der Waals surface area contributed by atoms with E-state index in [0.29, 0.717) is 29.0 Å². The Hall–Kier alpha value is -3.36. The number of nitrogens with zero attached hydrogens (tertiary/aromatic N) is 1. The monoisotopic (exact) mass is 386 g/mol. The molecule has 0 radical (unpaired) electrons. The van der Waals surface area contributed by atoms with Crippen molar-refractivity contribution in [1.82, 2.24) is 4.98 Å². The molecule has 0 atom stereocenters. The molecule has 0 fully saturated rings. The third kappa shape index (κ3) is 3.98. The predicted octanol–water partition coefficient (Wildman–Crippen LogP) is 4.21. The number of aryl methyl sites for hydroxylation is 1. The van der Waals surface area contributed by atoms with Crippen LogP contribution in [0, 0.1) is 11.8 Å². The zero-order valence-corrected chi connectivity index (χ0v) is 15.9. The van der Waals surface area contributed by atoms with E-state index in [9.17, 15) is 8.42 Å². The highest BCUT2D eigenvalue weighted by molar-refractivity contribution is 7.96. The van der Waals surface area contributed by atoms with Crippen molar-refractivity contribution in [1.29, 1.82) is 0 Å². The molecule has 4 nitrogen and oxygen atoms in total. The molecule has 3 aromatic rings. The minimum Gasteiger partial charge on any atom is -0.279 e. The maximum absolute atomic E-state index is 13.0. The molecule has 0 saturated heterocycles. The van der Waals surface area contributed by atoms with Crippen LogP contribution in [0.5, 0.6) is 0 Å². The van der Waals surface area contributed by atoms with E-state index < -0.39 is 10.0 Å². The lowest BCUT2D eigenvalue weighted by atomic mass is 9.98. The van der Waals surface area contributed by atoms with Crippen LogP contribution < -0.4 is 4.72 Å². The summed E-state index contributed by atoms with van der Waals surface area (Å²) < 4.78 is 28.6. The van der Waals surface area contributed by atoms with Crippen LogP contribution in [0.25, 0.3) is 6.08 Å². The molecule has 1 N–H and O–H groups in total. The lowest BCUT2D eigenvalue weighted by Crippen LogP contribution is -2.18. The molecular formula is C23H18N2O2S. The summed E-state index contributed by atoms with van der Waals surface area (Å²) in [5.41, 5.74) is 3.99. The quantitative estimate of drug-likeness (QED) is 0.686. The van der Waals surface area contributed by atoms with Gasteiger partial charge in [0.2, 0.25) is 0 Å². The van der Waals surface area contributed by atoms with Crippen LogP contribution in [0.15, 0.2) is 78.0 Å². The van der Waals surface area contributed by atoms with Gasteiger partial charge in [-0.3, -0.25) is 9.71 Å². The number of hydrogen-bond acceptors (Lipinski definition) is 3. The number of nitrogens with one attached hydrogen (secondary N) is 1. The Morgan fingerprint density at radius 1 is 0.893 bits per heavy atom. The highest BCUT2D eigenvalue weighted by Gasteiger charge is 2.22. The van der Waals surface area contributed by atoms with Crippen LogP contribution in [0.4, 0.5) is 5.69 Å². The topological polar surface area (TPSA) is 59.1 Å². The van der Waals surface area contributed by atoms with Gasteiger partial charge in [0.15, 0.2) is 0 Å². The van der Waals surface area contributed by atoms with Gasteiger partial charge in [-0.15, -0.1) is 0 Å². The summed E-state index contributed by atoms with van der Waals surface area (Å²) in [6, 6.07) is 18.7. The second kappa shape index (κ2) is 7.71. The van der Waals surface area contributed by atoms with Gasteiger partial charge < -0.3 is 0 Å². The molecule has 1 aromatic heterocycles. The molecule has 5 heteroatoms. The summed E-state index contributed by atoms with van der Waals surface area (Å²) in [6.45, 7) is 0. The van der Waals surface area contributed by atoms with E-state index >= 15 is 0 Å². The first-order valence-corrected chi connectivity index (χ1v) is 10.4. The molecule has 0 aliphatic heterocycles. The average Bonchev–Trinajstić information content (AvgIpc) is 2.73. The van der Waals surface area contributed by atoms with E-state index in [1.165, 1.54) is 5.56 Å². The Bertz CT molecular complexity index is 1200. The minimum absolute atomic E-state index is 0.390. The largest absolute Gasteiger partial charge is 0.279 e. The third-order valence-corrected chi connectivity index (χ3v) is 6.03. The number of allylic oxidation sites excluding steroid dienone is 1. The van der Waals surface area contributed by atoms with Crippen molar-refractivity contribution in [3.63, 3.8) is 0 Å². The lowest BCUT2D eigenvalue weighted by Gasteiger charge is -2.18. The maximum Gasteiger partial charge on any atom is 0.258 e. The van der Waals surface area contributed by atoms with Crippen molar-refractivity contribution in [3.05, 3.63) is 100 Å². The van der Waals surface area contributed by atoms with Crippen LogP contribution in [0.2, 0.25) is 0 Å². The van der Waals surface area contributed by atoms with Crippen LogP contribution in [0.1, 0.15) is 28.7 Å². The van der Waals surface area contributed by atoms with Crippen molar-refractivity contribution in [3.8, 4) is 11.8 Å². The summed E-state index contributed by atoms with van der Waals surface area (Å²) in [4.78, 5) is 4.43. The van der Waals surface area contributed by atoms with E-state index in [-0.39, 0.29) is 0 Å². The van der Waals surface area contributed by atoms with Gasteiger partial charge in [0.05, 0.1) is 10.6 Å². The second-order valence-electron chi connectivity index (χ2n) is 6.45. The number of sulfonamides is 1. The van der Waals surface area contributed by atoms with Crippen LogP contribution in [-0.4, -0.2) is 13.4 Å². The molecule has 1 heterocycles. The zero-order valence-electron chi connectivity index (χ0n) is 15.1. The molecule has 0 saturated carbocycles. The van der Waals surface area contributed by atoms with Gasteiger partial charge in [-0.1, -0.05) is 48.2 Å². The number of anilines is 1. The molecule has 0 bridgehead atoms.